The topological polar surface area (TPSA) is 108 Å². The Morgan fingerprint density at radius 3 is 2.67 bits per heavy atom. The van der Waals surface area contributed by atoms with Crippen LogP contribution < -0.4 is 15.9 Å². The fourth-order valence-corrected chi connectivity index (χ4v) is 2.70. The zero-order chi connectivity index (χ0) is 19.9. The normalized spacial score (nSPS) is 13.6. The van der Waals surface area contributed by atoms with E-state index in [1.807, 2.05) is 0 Å². The molecule has 2 aromatic rings. The molecule has 1 aliphatic heterocycles. The predicted octanol–water partition coefficient (Wildman–Crippen LogP) is 0.150. The van der Waals surface area contributed by atoms with Gasteiger partial charge < -0.3 is 10.4 Å². The van der Waals surface area contributed by atoms with Gasteiger partial charge in [-0.3, -0.25) is 29.0 Å². The monoisotopic (exact) mass is 375 g/mol. The van der Waals surface area contributed by atoms with Crippen molar-refractivity contribution >= 4 is 17.8 Å². The number of carbonyl (C=O) groups is 2. The molecule has 9 nitrogen and oxygen atoms in total. The van der Waals surface area contributed by atoms with Crippen molar-refractivity contribution < 1.29 is 19.1 Å². The van der Waals surface area contributed by atoms with Crippen LogP contribution in [0.3, 0.4) is 0 Å². The first-order valence-corrected chi connectivity index (χ1v) is 8.08. The van der Waals surface area contributed by atoms with Gasteiger partial charge >= 0.3 is 0 Å². The van der Waals surface area contributed by atoms with Crippen LogP contribution in [0.1, 0.15) is 21.6 Å². The van der Waals surface area contributed by atoms with Crippen LogP contribution in [0.15, 0.2) is 23.0 Å². The van der Waals surface area contributed by atoms with Crippen molar-refractivity contribution in [3.05, 3.63) is 51.2 Å². The molecule has 0 unspecified atom stereocenters. The molecule has 2 N–H and O–H groups in total. The number of aromatic nitrogens is 2. The molecular formula is C17H18FN5O4. The van der Waals surface area contributed by atoms with Crippen molar-refractivity contribution in [3.63, 3.8) is 0 Å². The third-order valence-electron chi connectivity index (χ3n) is 4.41. The SMILES string of the molecule is Cc1cc(CNC(=O)c2nc3n(c(=O)c2O)CC(=O)N(C)N3C)ccc1F. The quantitative estimate of drug-likeness (QED) is 0.791. The van der Waals surface area contributed by atoms with Crippen LogP contribution in [0.25, 0.3) is 0 Å². The van der Waals surface area contributed by atoms with Gasteiger partial charge in [-0.05, 0) is 24.1 Å². The number of carbonyl (C=O) groups excluding carboxylic acids is 2. The zero-order valence-corrected chi connectivity index (χ0v) is 15.0. The summed E-state index contributed by atoms with van der Waals surface area (Å²) < 4.78 is 14.3. The second-order valence-electron chi connectivity index (χ2n) is 6.21. The van der Waals surface area contributed by atoms with E-state index in [1.54, 1.807) is 13.0 Å². The first-order valence-electron chi connectivity index (χ1n) is 8.08. The van der Waals surface area contributed by atoms with Gasteiger partial charge in [0.2, 0.25) is 11.7 Å². The molecule has 0 aliphatic carbocycles. The van der Waals surface area contributed by atoms with E-state index in [0.29, 0.717) is 11.1 Å². The number of hydrogen-bond donors (Lipinski definition) is 2. The highest BCUT2D eigenvalue weighted by molar-refractivity contribution is 5.95. The average molecular weight is 375 g/mol. The Bertz CT molecular complexity index is 1000. The number of nitrogens with zero attached hydrogens (tertiary/aromatic N) is 4. The molecule has 0 radical (unpaired) electrons. The number of fused-ring (bicyclic) bond motifs is 1. The van der Waals surface area contributed by atoms with Gasteiger partial charge in [0, 0.05) is 20.6 Å². The number of anilines is 1. The fourth-order valence-electron chi connectivity index (χ4n) is 2.70. The van der Waals surface area contributed by atoms with Crippen LogP contribution in [-0.2, 0) is 17.9 Å². The van der Waals surface area contributed by atoms with Crippen LogP contribution in [-0.4, -0.2) is 45.6 Å². The second-order valence-corrected chi connectivity index (χ2v) is 6.21. The summed E-state index contributed by atoms with van der Waals surface area (Å²) in [4.78, 5) is 40.7. The molecule has 27 heavy (non-hydrogen) atoms. The molecule has 0 fully saturated rings. The molecule has 2 heterocycles. The zero-order valence-electron chi connectivity index (χ0n) is 15.0. The van der Waals surface area contributed by atoms with Crippen molar-refractivity contribution in [2.24, 2.45) is 0 Å². The van der Waals surface area contributed by atoms with Gasteiger partial charge in [0.15, 0.2) is 5.69 Å². The van der Waals surface area contributed by atoms with Crippen LogP contribution in [0.4, 0.5) is 10.3 Å². The number of likely N-dealkylation sites (N-methyl/N-ethyl adjacent to an activating group) is 1. The van der Waals surface area contributed by atoms with Crippen LogP contribution in [0.5, 0.6) is 5.75 Å². The van der Waals surface area contributed by atoms with Gasteiger partial charge in [-0.15, -0.1) is 0 Å². The van der Waals surface area contributed by atoms with Crippen molar-refractivity contribution in [2.45, 2.75) is 20.0 Å². The first-order chi connectivity index (χ1) is 12.7. The summed E-state index contributed by atoms with van der Waals surface area (Å²) in [5.74, 6) is -2.26. The summed E-state index contributed by atoms with van der Waals surface area (Å²) in [5, 5.41) is 15.2. The van der Waals surface area contributed by atoms with Gasteiger partial charge in [-0.25, -0.2) is 9.37 Å². The third-order valence-corrected chi connectivity index (χ3v) is 4.41. The molecule has 0 saturated heterocycles. The highest BCUT2D eigenvalue weighted by Gasteiger charge is 2.30. The largest absolute Gasteiger partial charge is 0.501 e. The molecule has 0 bridgehead atoms. The summed E-state index contributed by atoms with van der Waals surface area (Å²) >= 11 is 0. The molecule has 2 amide bonds. The third kappa shape index (κ3) is 3.21. The van der Waals surface area contributed by atoms with E-state index in [2.05, 4.69) is 10.3 Å². The summed E-state index contributed by atoms with van der Waals surface area (Å²) in [6.07, 6.45) is 0. The van der Waals surface area contributed by atoms with E-state index in [1.165, 1.54) is 36.2 Å². The number of aryl methyl sites for hydroxylation is 1. The van der Waals surface area contributed by atoms with Crippen molar-refractivity contribution in [2.75, 3.05) is 19.1 Å². The molecule has 10 heteroatoms. The smallest absolute Gasteiger partial charge is 0.298 e. The predicted molar refractivity (Wildman–Crippen MR) is 93.6 cm³/mol. The fraction of sp³-hybridized carbons (Fsp3) is 0.294. The minimum Gasteiger partial charge on any atom is -0.501 e. The number of halogens is 1. The van der Waals surface area contributed by atoms with E-state index in [-0.39, 0.29) is 30.8 Å². The van der Waals surface area contributed by atoms with Gasteiger partial charge in [0.1, 0.15) is 12.4 Å². The molecule has 0 spiro atoms. The maximum atomic E-state index is 13.3. The van der Waals surface area contributed by atoms with Crippen LogP contribution in [0.2, 0.25) is 0 Å². The maximum Gasteiger partial charge on any atom is 0.298 e. The van der Waals surface area contributed by atoms with Gasteiger partial charge in [-0.2, -0.15) is 0 Å². The standard InChI is InChI=1S/C17H18FN5O4/c1-9-6-10(4-5-11(9)18)7-19-15(26)13-14(25)16(27)23-8-12(24)21(2)22(3)17(23)20-13/h4-6,25H,7-8H2,1-3H3,(H,19,26). The summed E-state index contributed by atoms with van der Waals surface area (Å²) in [7, 11) is 3.01. The average Bonchev–Trinajstić information content (AvgIpc) is 2.64. The van der Waals surface area contributed by atoms with Crippen molar-refractivity contribution in [1.82, 2.24) is 19.9 Å². The van der Waals surface area contributed by atoms with Crippen LogP contribution in [0, 0.1) is 12.7 Å². The van der Waals surface area contributed by atoms with Gasteiger partial charge in [0.25, 0.3) is 17.4 Å². The molecule has 0 saturated carbocycles. The first kappa shape index (κ1) is 18.4. The number of hydrogen-bond acceptors (Lipinski definition) is 6. The lowest BCUT2D eigenvalue weighted by Crippen LogP contribution is -2.51. The van der Waals surface area contributed by atoms with Gasteiger partial charge in [0.05, 0.1) is 0 Å². The van der Waals surface area contributed by atoms with E-state index in [0.717, 1.165) is 4.57 Å². The lowest BCUT2D eigenvalue weighted by Gasteiger charge is -2.35. The summed E-state index contributed by atoms with van der Waals surface area (Å²) in [6, 6.07) is 4.39. The minimum atomic E-state index is -0.879. The maximum absolute atomic E-state index is 13.3. The molecular weight excluding hydrogens is 357 g/mol. The van der Waals surface area contributed by atoms with E-state index >= 15 is 0 Å². The Morgan fingerprint density at radius 2 is 2.00 bits per heavy atom. The van der Waals surface area contributed by atoms with Crippen molar-refractivity contribution in [1.29, 1.82) is 0 Å². The molecule has 1 aromatic heterocycles. The van der Waals surface area contributed by atoms with Crippen molar-refractivity contribution in [3.8, 4) is 5.75 Å². The number of aromatic hydroxyl groups is 1. The Hall–Kier alpha value is -3.43. The highest BCUT2D eigenvalue weighted by atomic mass is 19.1. The highest BCUT2D eigenvalue weighted by Crippen LogP contribution is 2.20. The second kappa shape index (κ2) is 6.71. The molecule has 0 atom stereocenters. The number of nitrogens with one attached hydrogen (secondary N) is 1. The lowest BCUT2D eigenvalue weighted by atomic mass is 10.1. The number of benzene rings is 1. The summed E-state index contributed by atoms with van der Waals surface area (Å²) in [6.45, 7) is 1.38. The Balaban J connectivity index is 1.89. The van der Waals surface area contributed by atoms with E-state index in [9.17, 15) is 23.9 Å². The lowest BCUT2D eigenvalue weighted by molar-refractivity contribution is -0.132. The molecule has 1 aromatic carbocycles. The molecule has 3 rings (SSSR count). The molecule has 1 aliphatic rings. The molecule has 142 valence electrons. The number of rotatable bonds is 3. The Kier molecular flexibility index (Phi) is 4.56. The Labute approximate surface area is 153 Å². The van der Waals surface area contributed by atoms with E-state index < -0.39 is 22.9 Å². The Morgan fingerprint density at radius 1 is 1.30 bits per heavy atom. The van der Waals surface area contributed by atoms with E-state index in [4.69, 9.17) is 0 Å². The number of amides is 2. The minimum absolute atomic E-state index is 0.0580. The summed E-state index contributed by atoms with van der Waals surface area (Å²) in [5.41, 5.74) is -0.237. The number of hydrazine groups is 1. The van der Waals surface area contributed by atoms with Crippen LogP contribution >= 0.6 is 0 Å². The van der Waals surface area contributed by atoms with Gasteiger partial charge in [-0.1, -0.05) is 12.1 Å².